The number of nitrogens with one attached hydrogen (secondary N) is 1. The van der Waals surface area contributed by atoms with Gasteiger partial charge in [-0.25, -0.2) is 0 Å². The van der Waals surface area contributed by atoms with Gasteiger partial charge in [0.25, 0.3) is 5.91 Å². The van der Waals surface area contributed by atoms with E-state index in [1.54, 1.807) is 12.1 Å². The lowest BCUT2D eigenvalue weighted by molar-refractivity contribution is -0.124. The van der Waals surface area contributed by atoms with Crippen LogP contribution in [0.5, 0.6) is 11.5 Å². The molecule has 120 valence electrons. The molecular weight excluding hydrogens is 292 g/mol. The van der Waals surface area contributed by atoms with E-state index in [4.69, 9.17) is 15.2 Å². The molecule has 0 aliphatic carbocycles. The summed E-state index contributed by atoms with van der Waals surface area (Å²) in [6.45, 7) is 6.83. The van der Waals surface area contributed by atoms with Gasteiger partial charge in [0.05, 0.1) is 6.61 Å². The van der Waals surface area contributed by atoms with E-state index in [1.807, 2.05) is 26.0 Å². The molecule has 1 aromatic rings. The van der Waals surface area contributed by atoms with Crippen LogP contribution in [-0.2, 0) is 4.79 Å². The molecular formula is C15H25ClN2O3. The minimum absolute atomic E-state index is 0. The van der Waals surface area contributed by atoms with Crippen LogP contribution in [-0.4, -0.2) is 31.2 Å². The van der Waals surface area contributed by atoms with Gasteiger partial charge in [-0.05, 0) is 44.5 Å². The Balaban J connectivity index is 0.00000400. The SMILES string of the molecule is CCCOc1ccc(OCC(=O)NC(C)(C)CN)cc1.Cl. The highest BCUT2D eigenvalue weighted by Crippen LogP contribution is 2.17. The predicted octanol–water partition coefficient (Wildman–Crippen LogP) is 2.13. The number of amides is 1. The molecule has 0 unspecified atom stereocenters. The van der Waals surface area contributed by atoms with Crippen molar-refractivity contribution < 1.29 is 14.3 Å². The molecule has 0 aliphatic rings. The van der Waals surface area contributed by atoms with Crippen molar-refractivity contribution in [1.29, 1.82) is 0 Å². The Morgan fingerprint density at radius 3 is 2.19 bits per heavy atom. The summed E-state index contributed by atoms with van der Waals surface area (Å²) in [6.07, 6.45) is 0.968. The van der Waals surface area contributed by atoms with Gasteiger partial charge in [-0.1, -0.05) is 6.92 Å². The highest BCUT2D eigenvalue weighted by atomic mass is 35.5. The molecule has 5 nitrogen and oxygen atoms in total. The molecule has 0 spiro atoms. The highest BCUT2D eigenvalue weighted by molar-refractivity contribution is 5.85. The Hall–Kier alpha value is -1.46. The summed E-state index contributed by atoms with van der Waals surface area (Å²) in [5, 5.41) is 2.80. The second kappa shape index (κ2) is 9.47. The Morgan fingerprint density at radius 2 is 1.71 bits per heavy atom. The topological polar surface area (TPSA) is 73.6 Å². The predicted molar refractivity (Wildman–Crippen MR) is 86.2 cm³/mol. The second-order valence-electron chi connectivity index (χ2n) is 5.24. The van der Waals surface area contributed by atoms with Crippen molar-refractivity contribution in [3.8, 4) is 11.5 Å². The zero-order valence-corrected chi connectivity index (χ0v) is 13.7. The molecule has 1 rings (SSSR count). The zero-order valence-electron chi connectivity index (χ0n) is 12.8. The lowest BCUT2D eigenvalue weighted by atomic mass is 10.1. The summed E-state index contributed by atoms with van der Waals surface area (Å²) in [6, 6.07) is 7.22. The standard InChI is InChI=1S/C15H24N2O3.ClH/c1-4-9-19-12-5-7-13(8-6-12)20-10-14(18)17-15(2,3)11-16;/h5-8H,4,9-11,16H2,1-3H3,(H,17,18);1H. The fourth-order valence-electron chi connectivity index (χ4n) is 1.47. The first-order valence-corrected chi connectivity index (χ1v) is 6.83. The Labute approximate surface area is 132 Å². The maximum absolute atomic E-state index is 11.7. The Kier molecular flexibility index (Phi) is 8.81. The number of rotatable bonds is 8. The second-order valence-corrected chi connectivity index (χ2v) is 5.24. The first kappa shape index (κ1) is 19.5. The number of carbonyl (C=O) groups is 1. The van der Waals surface area contributed by atoms with Crippen molar-refractivity contribution in [2.75, 3.05) is 19.8 Å². The maximum atomic E-state index is 11.7. The molecule has 0 saturated heterocycles. The van der Waals surface area contributed by atoms with E-state index in [-0.39, 0.29) is 24.9 Å². The lowest BCUT2D eigenvalue weighted by Crippen LogP contribution is -2.50. The van der Waals surface area contributed by atoms with Gasteiger partial charge in [0, 0.05) is 12.1 Å². The third-order valence-corrected chi connectivity index (χ3v) is 2.65. The molecule has 0 bridgehead atoms. The van der Waals surface area contributed by atoms with Crippen molar-refractivity contribution in [3.63, 3.8) is 0 Å². The van der Waals surface area contributed by atoms with Crippen LogP contribution in [0.1, 0.15) is 27.2 Å². The summed E-state index contributed by atoms with van der Waals surface area (Å²) in [5.74, 6) is 1.24. The van der Waals surface area contributed by atoms with E-state index in [0.29, 0.717) is 18.9 Å². The zero-order chi connectivity index (χ0) is 15.0. The molecule has 0 aliphatic heterocycles. The fourth-order valence-corrected chi connectivity index (χ4v) is 1.47. The smallest absolute Gasteiger partial charge is 0.258 e. The molecule has 1 amide bonds. The molecule has 0 aromatic heterocycles. The largest absolute Gasteiger partial charge is 0.494 e. The molecule has 0 atom stereocenters. The molecule has 1 aromatic carbocycles. The first-order valence-electron chi connectivity index (χ1n) is 6.83. The van der Waals surface area contributed by atoms with E-state index >= 15 is 0 Å². The van der Waals surface area contributed by atoms with Crippen molar-refractivity contribution >= 4 is 18.3 Å². The number of carbonyl (C=O) groups excluding carboxylic acids is 1. The van der Waals surface area contributed by atoms with Crippen LogP contribution >= 0.6 is 12.4 Å². The van der Waals surface area contributed by atoms with Gasteiger partial charge < -0.3 is 20.5 Å². The summed E-state index contributed by atoms with van der Waals surface area (Å²) in [4.78, 5) is 11.7. The monoisotopic (exact) mass is 316 g/mol. The van der Waals surface area contributed by atoms with Gasteiger partial charge in [-0.15, -0.1) is 12.4 Å². The van der Waals surface area contributed by atoms with Crippen LogP contribution in [0.4, 0.5) is 0 Å². The third kappa shape index (κ3) is 7.78. The molecule has 21 heavy (non-hydrogen) atoms. The summed E-state index contributed by atoms with van der Waals surface area (Å²) < 4.78 is 10.9. The molecule has 0 radical (unpaired) electrons. The van der Waals surface area contributed by atoms with Crippen LogP contribution in [0, 0.1) is 0 Å². The summed E-state index contributed by atoms with van der Waals surface area (Å²) >= 11 is 0. The molecule has 0 fully saturated rings. The number of hydrogen-bond acceptors (Lipinski definition) is 4. The van der Waals surface area contributed by atoms with Crippen molar-refractivity contribution in [1.82, 2.24) is 5.32 Å². The molecule has 3 N–H and O–H groups in total. The van der Waals surface area contributed by atoms with Gasteiger partial charge in [0.1, 0.15) is 11.5 Å². The number of benzene rings is 1. The van der Waals surface area contributed by atoms with Crippen molar-refractivity contribution in [2.45, 2.75) is 32.7 Å². The van der Waals surface area contributed by atoms with E-state index in [2.05, 4.69) is 12.2 Å². The average Bonchev–Trinajstić information content (AvgIpc) is 2.43. The Morgan fingerprint density at radius 1 is 1.19 bits per heavy atom. The maximum Gasteiger partial charge on any atom is 0.258 e. The van der Waals surface area contributed by atoms with Gasteiger partial charge in [-0.3, -0.25) is 4.79 Å². The van der Waals surface area contributed by atoms with E-state index in [1.165, 1.54) is 0 Å². The van der Waals surface area contributed by atoms with Crippen LogP contribution < -0.4 is 20.5 Å². The first-order chi connectivity index (χ1) is 9.46. The molecule has 0 heterocycles. The molecule has 6 heteroatoms. The van der Waals surface area contributed by atoms with Gasteiger partial charge in [0.2, 0.25) is 0 Å². The minimum Gasteiger partial charge on any atom is -0.494 e. The van der Waals surface area contributed by atoms with Crippen LogP contribution in [0.2, 0.25) is 0 Å². The van der Waals surface area contributed by atoms with E-state index in [0.717, 1.165) is 12.2 Å². The van der Waals surface area contributed by atoms with Crippen LogP contribution in [0.15, 0.2) is 24.3 Å². The van der Waals surface area contributed by atoms with Gasteiger partial charge in [-0.2, -0.15) is 0 Å². The van der Waals surface area contributed by atoms with Crippen molar-refractivity contribution in [3.05, 3.63) is 24.3 Å². The summed E-state index contributed by atoms with van der Waals surface area (Å²) in [7, 11) is 0. The van der Waals surface area contributed by atoms with E-state index < -0.39 is 5.54 Å². The summed E-state index contributed by atoms with van der Waals surface area (Å²) in [5.41, 5.74) is 5.13. The van der Waals surface area contributed by atoms with E-state index in [9.17, 15) is 4.79 Å². The minimum atomic E-state index is -0.418. The normalized spacial score (nSPS) is 10.5. The fraction of sp³-hybridized carbons (Fsp3) is 0.533. The third-order valence-electron chi connectivity index (χ3n) is 2.65. The lowest BCUT2D eigenvalue weighted by Gasteiger charge is -2.24. The Bertz CT molecular complexity index is 421. The number of halogens is 1. The van der Waals surface area contributed by atoms with Gasteiger partial charge in [0.15, 0.2) is 6.61 Å². The number of nitrogens with two attached hydrogens (primary N) is 1. The molecule has 0 saturated carbocycles. The average molecular weight is 317 g/mol. The van der Waals surface area contributed by atoms with Crippen LogP contribution in [0.25, 0.3) is 0 Å². The number of hydrogen-bond donors (Lipinski definition) is 2. The highest BCUT2D eigenvalue weighted by Gasteiger charge is 2.18. The van der Waals surface area contributed by atoms with Crippen molar-refractivity contribution in [2.24, 2.45) is 5.73 Å². The quantitative estimate of drug-likeness (QED) is 0.770. The number of ether oxygens (including phenoxy) is 2. The van der Waals surface area contributed by atoms with Gasteiger partial charge >= 0.3 is 0 Å². The van der Waals surface area contributed by atoms with Crippen LogP contribution in [0.3, 0.4) is 0 Å².